The summed E-state index contributed by atoms with van der Waals surface area (Å²) in [4.78, 5) is 27.3. The van der Waals surface area contributed by atoms with E-state index in [4.69, 9.17) is 5.11 Å². The first-order chi connectivity index (χ1) is 11.6. The number of nitrogens with one attached hydrogen (secondary N) is 1. The van der Waals surface area contributed by atoms with Crippen molar-refractivity contribution < 1.29 is 19.8 Å². The summed E-state index contributed by atoms with van der Waals surface area (Å²) in [5.74, 6) is -0.854. The van der Waals surface area contributed by atoms with Gasteiger partial charge in [-0.15, -0.1) is 0 Å². The van der Waals surface area contributed by atoms with Gasteiger partial charge in [-0.3, -0.25) is 14.5 Å². The molecule has 2 aliphatic rings. The van der Waals surface area contributed by atoms with Gasteiger partial charge in [-0.2, -0.15) is 0 Å². The number of piperidine rings is 1. The second-order valence-electron chi connectivity index (χ2n) is 5.94. The maximum absolute atomic E-state index is 12.3. The van der Waals surface area contributed by atoms with Gasteiger partial charge in [0.25, 0.3) is 11.8 Å². The number of anilines is 2. The molecule has 0 atom stereocenters. The topological polar surface area (TPSA) is 93.1 Å². The van der Waals surface area contributed by atoms with Gasteiger partial charge in [0.15, 0.2) is 0 Å². The van der Waals surface area contributed by atoms with Crippen molar-refractivity contribution in [2.75, 3.05) is 36.5 Å². The van der Waals surface area contributed by atoms with E-state index in [0.29, 0.717) is 12.8 Å². The molecule has 2 amide bonds. The molecule has 0 radical (unpaired) electrons. The van der Waals surface area contributed by atoms with Crippen LogP contribution in [-0.4, -0.2) is 59.3 Å². The number of nitrogens with zero attached hydrogens (tertiary/aromatic N) is 2. The molecule has 3 N–H and O–H groups in total. The Morgan fingerprint density at radius 3 is 2.58 bits per heavy atom. The monoisotopic (exact) mass is 331 g/mol. The number of aliphatic hydroxyl groups is 2. The summed E-state index contributed by atoms with van der Waals surface area (Å²) in [5, 5.41) is 21.7. The quantitative estimate of drug-likeness (QED) is 0.672. The lowest BCUT2D eigenvalue weighted by Crippen LogP contribution is -2.36. The van der Waals surface area contributed by atoms with Gasteiger partial charge in [-0.25, -0.2) is 0 Å². The zero-order valence-corrected chi connectivity index (χ0v) is 13.3. The molecule has 7 nitrogen and oxygen atoms in total. The molecule has 1 saturated heterocycles. The Labute approximate surface area is 140 Å². The molecule has 0 unspecified atom stereocenters. The average Bonchev–Trinajstić information content (AvgIpc) is 2.84. The Bertz CT molecular complexity index is 666. The minimum absolute atomic E-state index is 0.00892. The standard InChI is InChI=1S/C17H21N3O4/c21-10-9-20-16(23)11-14(17(20)24)18-13-3-1-2-4-15(13)19-7-5-12(22)6-8-19/h1-4,11-12,18,21-22H,5-10H2. The number of amides is 2. The van der Waals surface area contributed by atoms with Gasteiger partial charge in [0.1, 0.15) is 5.70 Å². The Kier molecular flexibility index (Phi) is 4.82. The van der Waals surface area contributed by atoms with E-state index in [1.807, 2.05) is 24.3 Å². The molecule has 0 saturated carbocycles. The van der Waals surface area contributed by atoms with E-state index < -0.39 is 11.8 Å². The van der Waals surface area contributed by atoms with Gasteiger partial charge < -0.3 is 20.4 Å². The SMILES string of the molecule is O=C1C=C(Nc2ccccc2N2CCC(O)CC2)C(=O)N1CCO. The van der Waals surface area contributed by atoms with Crippen LogP contribution in [0.15, 0.2) is 36.0 Å². The van der Waals surface area contributed by atoms with Gasteiger partial charge in [-0.05, 0) is 25.0 Å². The first-order valence-corrected chi connectivity index (χ1v) is 8.07. The van der Waals surface area contributed by atoms with E-state index >= 15 is 0 Å². The van der Waals surface area contributed by atoms with Crippen molar-refractivity contribution in [1.82, 2.24) is 4.90 Å². The minimum atomic E-state index is -0.432. The molecule has 2 aliphatic heterocycles. The molecule has 0 aromatic heterocycles. The number of hydrogen-bond acceptors (Lipinski definition) is 6. The maximum Gasteiger partial charge on any atom is 0.277 e. The fraction of sp³-hybridized carbons (Fsp3) is 0.412. The summed E-state index contributed by atoms with van der Waals surface area (Å²) in [5.41, 5.74) is 1.89. The molecule has 3 rings (SSSR count). The van der Waals surface area contributed by atoms with Crippen LogP contribution in [0.4, 0.5) is 11.4 Å². The lowest BCUT2D eigenvalue weighted by atomic mass is 10.1. The molecular formula is C17H21N3O4. The normalized spacial score (nSPS) is 19.0. The fourth-order valence-corrected chi connectivity index (χ4v) is 3.02. The molecule has 0 spiro atoms. The van der Waals surface area contributed by atoms with Gasteiger partial charge in [0.2, 0.25) is 0 Å². The van der Waals surface area contributed by atoms with Gasteiger partial charge >= 0.3 is 0 Å². The first kappa shape index (κ1) is 16.5. The third-order valence-corrected chi connectivity index (χ3v) is 4.31. The predicted octanol–water partition coefficient (Wildman–Crippen LogP) is 0.305. The highest BCUT2D eigenvalue weighted by Gasteiger charge is 2.31. The lowest BCUT2D eigenvalue weighted by Gasteiger charge is -2.33. The number of carbonyl (C=O) groups is 2. The third kappa shape index (κ3) is 3.27. The van der Waals surface area contributed by atoms with E-state index in [0.717, 1.165) is 29.4 Å². The number of para-hydroxylation sites is 2. The Morgan fingerprint density at radius 1 is 1.17 bits per heavy atom. The zero-order chi connectivity index (χ0) is 17.1. The highest BCUT2D eigenvalue weighted by Crippen LogP contribution is 2.30. The van der Waals surface area contributed by atoms with Crippen LogP contribution >= 0.6 is 0 Å². The number of carbonyl (C=O) groups excluding carboxylic acids is 2. The molecule has 1 aromatic carbocycles. The Hall–Kier alpha value is -2.38. The van der Waals surface area contributed by atoms with Gasteiger partial charge in [0.05, 0.1) is 30.6 Å². The van der Waals surface area contributed by atoms with Crippen molar-refractivity contribution in [2.45, 2.75) is 18.9 Å². The van der Waals surface area contributed by atoms with Crippen LogP contribution in [0.5, 0.6) is 0 Å². The van der Waals surface area contributed by atoms with Crippen LogP contribution < -0.4 is 10.2 Å². The Balaban J connectivity index is 1.78. The number of imide groups is 1. The van der Waals surface area contributed by atoms with E-state index in [1.54, 1.807) is 0 Å². The zero-order valence-electron chi connectivity index (χ0n) is 13.3. The third-order valence-electron chi connectivity index (χ3n) is 4.31. The number of rotatable bonds is 5. The van der Waals surface area contributed by atoms with Crippen molar-refractivity contribution in [3.05, 3.63) is 36.0 Å². The van der Waals surface area contributed by atoms with Gasteiger partial charge in [0, 0.05) is 19.2 Å². The summed E-state index contributed by atoms with van der Waals surface area (Å²) in [7, 11) is 0. The molecule has 24 heavy (non-hydrogen) atoms. The molecule has 1 fully saturated rings. The largest absolute Gasteiger partial charge is 0.395 e. The van der Waals surface area contributed by atoms with Crippen LogP contribution in [0.1, 0.15) is 12.8 Å². The number of benzene rings is 1. The molecule has 0 aliphatic carbocycles. The van der Waals surface area contributed by atoms with E-state index in [2.05, 4.69) is 10.2 Å². The second kappa shape index (κ2) is 7.02. The summed E-state index contributed by atoms with van der Waals surface area (Å²) < 4.78 is 0. The van der Waals surface area contributed by atoms with Crippen molar-refractivity contribution in [2.24, 2.45) is 0 Å². The van der Waals surface area contributed by atoms with E-state index in [1.165, 1.54) is 6.08 Å². The van der Waals surface area contributed by atoms with Crippen molar-refractivity contribution >= 4 is 23.2 Å². The smallest absolute Gasteiger partial charge is 0.277 e. The first-order valence-electron chi connectivity index (χ1n) is 8.07. The molecule has 2 heterocycles. The minimum Gasteiger partial charge on any atom is -0.395 e. The highest BCUT2D eigenvalue weighted by atomic mass is 16.3. The maximum atomic E-state index is 12.3. The van der Waals surface area contributed by atoms with Crippen molar-refractivity contribution in [1.29, 1.82) is 0 Å². The number of aliphatic hydroxyl groups excluding tert-OH is 2. The van der Waals surface area contributed by atoms with Crippen LogP contribution in [0.2, 0.25) is 0 Å². The summed E-state index contributed by atoms with van der Waals surface area (Å²) in [6.07, 6.45) is 2.41. The van der Waals surface area contributed by atoms with Gasteiger partial charge in [-0.1, -0.05) is 12.1 Å². The van der Waals surface area contributed by atoms with Crippen LogP contribution in [0.3, 0.4) is 0 Å². The lowest BCUT2D eigenvalue weighted by molar-refractivity contribution is -0.137. The number of β-amino-alcohol motifs (C(OH)–C–C–N with tert-alkyl or cyclic N) is 1. The van der Waals surface area contributed by atoms with Crippen LogP contribution in [-0.2, 0) is 9.59 Å². The van der Waals surface area contributed by atoms with Crippen LogP contribution in [0, 0.1) is 0 Å². The summed E-state index contributed by atoms with van der Waals surface area (Å²) >= 11 is 0. The van der Waals surface area contributed by atoms with Crippen LogP contribution in [0.25, 0.3) is 0 Å². The molecular weight excluding hydrogens is 310 g/mol. The predicted molar refractivity (Wildman–Crippen MR) is 89.4 cm³/mol. The summed E-state index contributed by atoms with van der Waals surface area (Å²) in [6.45, 7) is 1.21. The highest BCUT2D eigenvalue weighted by molar-refractivity contribution is 6.17. The van der Waals surface area contributed by atoms with E-state index in [9.17, 15) is 14.7 Å². The fourth-order valence-electron chi connectivity index (χ4n) is 3.02. The molecule has 7 heteroatoms. The molecule has 1 aromatic rings. The van der Waals surface area contributed by atoms with Crippen molar-refractivity contribution in [3.8, 4) is 0 Å². The molecule has 128 valence electrons. The summed E-state index contributed by atoms with van der Waals surface area (Å²) in [6, 6.07) is 7.58. The molecule has 0 bridgehead atoms. The Morgan fingerprint density at radius 2 is 1.88 bits per heavy atom. The van der Waals surface area contributed by atoms with E-state index in [-0.39, 0.29) is 25.0 Å². The van der Waals surface area contributed by atoms with Crippen molar-refractivity contribution in [3.63, 3.8) is 0 Å². The second-order valence-corrected chi connectivity index (χ2v) is 5.94. The number of hydrogen-bond donors (Lipinski definition) is 3. The average molecular weight is 331 g/mol.